The monoisotopic (exact) mass is 1050 g/mol. The van der Waals surface area contributed by atoms with E-state index >= 15 is 8.78 Å². The topological polar surface area (TPSA) is 193 Å². The van der Waals surface area contributed by atoms with Crippen LogP contribution in [0, 0.1) is 35.8 Å². The van der Waals surface area contributed by atoms with Crippen LogP contribution in [0.15, 0.2) is 78.4 Å². The molecule has 2 saturated heterocycles. The Kier molecular flexibility index (Phi) is 16.8. The Labute approximate surface area is 427 Å². The van der Waals surface area contributed by atoms with Gasteiger partial charge in [-0.3, -0.25) is 24.3 Å². The zero-order chi connectivity index (χ0) is 52.9. The highest BCUT2D eigenvalue weighted by atomic mass is 32.1. The summed E-state index contributed by atoms with van der Waals surface area (Å²) in [7, 11) is 0. The lowest BCUT2D eigenvalue weighted by atomic mass is 10.0. The van der Waals surface area contributed by atoms with E-state index in [4.69, 9.17) is 21.7 Å². The van der Waals surface area contributed by atoms with Gasteiger partial charge in [-0.2, -0.15) is 18.4 Å². The molecule has 0 spiro atoms. The highest BCUT2D eigenvalue weighted by molar-refractivity contribution is 7.80. The maximum atomic E-state index is 15.7. The Morgan fingerprint density at radius 3 is 2.32 bits per heavy atom. The smallest absolute Gasteiger partial charge is 0.420 e. The number of halogens is 5. The third-order valence-corrected chi connectivity index (χ3v) is 13.9. The number of β-amino-alcohol motifs (C(OH)–C–C–N with tert-alkyl or cyclic N) is 1. The second-order valence-electron chi connectivity index (χ2n) is 18.5. The second-order valence-corrected chi connectivity index (χ2v) is 19.7. The number of aryl methyl sites for hydroxylation is 1. The molecule has 73 heavy (non-hydrogen) atoms. The van der Waals surface area contributed by atoms with Crippen LogP contribution < -0.4 is 25.2 Å². The molecule has 2 fully saturated rings. The molecule has 15 nitrogen and oxygen atoms in total. The number of nitrogens with one attached hydrogen (secondary N) is 2. The van der Waals surface area contributed by atoms with E-state index in [1.54, 1.807) is 55.0 Å². The molecule has 5 aromatic rings. The first-order valence-corrected chi connectivity index (χ1v) is 24.5. The molecule has 2 aliphatic heterocycles. The Bertz CT molecular complexity index is 2880. The van der Waals surface area contributed by atoms with E-state index in [0.29, 0.717) is 24.2 Å². The molecule has 0 bridgehead atoms. The lowest BCUT2D eigenvalue weighted by molar-refractivity contribution is -0.143. The number of likely N-dealkylation sites (tertiary alicyclic amines) is 1. The van der Waals surface area contributed by atoms with Gasteiger partial charge in [0.25, 0.3) is 0 Å². The average Bonchev–Trinajstić information content (AvgIpc) is 4.01. The predicted molar refractivity (Wildman–Crippen MR) is 266 cm³/mol. The number of carbonyl (C=O) groups excluding carboxylic acids is 3. The number of hydrogen-bond donors (Lipinski definition) is 4. The van der Waals surface area contributed by atoms with Crippen molar-refractivity contribution in [2.75, 3.05) is 36.2 Å². The van der Waals surface area contributed by atoms with Crippen LogP contribution in [0.1, 0.15) is 69.3 Å². The molecule has 0 aliphatic carbocycles. The summed E-state index contributed by atoms with van der Waals surface area (Å²) >= 11 is 7.06. The van der Waals surface area contributed by atoms with Crippen LogP contribution >= 0.6 is 23.6 Å². The van der Waals surface area contributed by atoms with Gasteiger partial charge in [0.05, 0.1) is 63.5 Å². The largest absolute Gasteiger partial charge is 0.494 e. The SMILES string of the molecule is Cc1ncsc1-c1ccc(CNC(=O)[C@@H]2C[C@@H](O)CN2C(=O)[C@@H](NC(=O)COCCCCOc2ccc(-c3ncc(N4C(=S)N(c5ccc(C#N)c(C(F)(F)F)c5F)C(O)C4(C)C)cc3F)cc2)C(C)C)cc1. The number of thiocarbonyl (C=S) groups is 1. The number of nitriles is 1. The number of pyridine rings is 1. The maximum absolute atomic E-state index is 15.7. The van der Waals surface area contributed by atoms with Crippen molar-refractivity contribution in [2.24, 2.45) is 5.92 Å². The van der Waals surface area contributed by atoms with Crippen molar-refractivity contribution in [3.05, 3.63) is 112 Å². The van der Waals surface area contributed by atoms with Gasteiger partial charge in [0.1, 0.15) is 35.7 Å². The molecule has 4 N–H and O–H groups in total. The number of ether oxygens (including phenoxy) is 2. The van der Waals surface area contributed by atoms with Gasteiger partial charge < -0.3 is 40.1 Å². The predicted octanol–water partition coefficient (Wildman–Crippen LogP) is 7.65. The summed E-state index contributed by atoms with van der Waals surface area (Å²) in [4.78, 5) is 53.1. The maximum Gasteiger partial charge on any atom is 0.420 e. The average molecular weight is 1050 g/mol. The molecule has 7 rings (SSSR count). The molecule has 0 saturated carbocycles. The molecule has 0 radical (unpaired) electrons. The van der Waals surface area contributed by atoms with Crippen molar-refractivity contribution in [1.29, 1.82) is 5.26 Å². The fourth-order valence-electron chi connectivity index (χ4n) is 8.70. The van der Waals surface area contributed by atoms with E-state index in [0.717, 1.165) is 44.8 Å². The number of aliphatic hydroxyl groups excluding tert-OH is 2. The number of aromatic nitrogens is 2. The van der Waals surface area contributed by atoms with Crippen molar-refractivity contribution in [3.8, 4) is 33.5 Å². The van der Waals surface area contributed by atoms with E-state index < -0.39 is 82.3 Å². The van der Waals surface area contributed by atoms with Crippen molar-refractivity contribution in [1.82, 2.24) is 25.5 Å². The summed E-state index contributed by atoms with van der Waals surface area (Å²) in [5, 5.41) is 36.2. The number of unbranched alkanes of at least 4 members (excludes halogenated alkanes) is 1. The lowest BCUT2D eigenvalue weighted by Crippen LogP contribution is -2.55. The van der Waals surface area contributed by atoms with Crippen LogP contribution in [0.25, 0.3) is 21.7 Å². The zero-order valence-electron chi connectivity index (χ0n) is 40.4. The van der Waals surface area contributed by atoms with Crippen molar-refractivity contribution in [3.63, 3.8) is 0 Å². The highest BCUT2D eigenvalue weighted by Gasteiger charge is 2.52. The van der Waals surface area contributed by atoms with E-state index in [2.05, 4.69) is 20.6 Å². The number of rotatable bonds is 18. The number of nitrogens with zero attached hydrogens (tertiary/aromatic N) is 6. The molecule has 386 valence electrons. The van der Waals surface area contributed by atoms with E-state index in [1.807, 2.05) is 31.2 Å². The van der Waals surface area contributed by atoms with Crippen molar-refractivity contribution in [2.45, 2.75) is 96.6 Å². The van der Waals surface area contributed by atoms with Crippen LogP contribution in [0.2, 0.25) is 0 Å². The molecule has 1 unspecified atom stereocenters. The number of amides is 3. The summed E-state index contributed by atoms with van der Waals surface area (Å²) in [5.74, 6) is -3.85. The third-order valence-electron chi connectivity index (χ3n) is 12.6. The molecule has 3 amide bonds. The molecule has 4 atom stereocenters. The minimum absolute atomic E-state index is 0.0370. The molecule has 3 aromatic carbocycles. The first kappa shape index (κ1) is 54.1. The van der Waals surface area contributed by atoms with Gasteiger partial charge >= 0.3 is 6.18 Å². The quantitative estimate of drug-likeness (QED) is 0.0380. The molecule has 2 aromatic heterocycles. The molecular weight excluding hydrogens is 996 g/mol. The van der Waals surface area contributed by atoms with Crippen LogP contribution in [0.4, 0.5) is 33.3 Å². The Morgan fingerprint density at radius 2 is 1.68 bits per heavy atom. The summed E-state index contributed by atoms with van der Waals surface area (Å²) in [5.41, 5.74) is 0.101. The first-order chi connectivity index (χ1) is 34.6. The summed E-state index contributed by atoms with van der Waals surface area (Å²) in [6.45, 7) is 8.82. The number of thiazole rings is 1. The van der Waals surface area contributed by atoms with Gasteiger partial charge in [-0.15, -0.1) is 11.3 Å². The summed E-state index contributed by atoms with van der Waals surface area (Å²) < 4.78 is 84.0. The molecule has 2 aliphatic rings. The van der Waals surface area contributed by atoms with E-state index in [1.165, 1.54) is 35.9 Å². The van der Waals surface area contributed by atoms with Crippen molar-refractivity contribution < 1.29 is 56.0 Å². The molecule has 4 heterocycles. The normalized spacial score (nSPS) is 18.0. The van der Waals surface area contributed by atoms with Crippen LogP contribution in [0.5, 0.6) is 5.75 Å². The van der Waals surface area contributed by atoms with Gasteiger partial charge in [0.15, 0.2) is 23.0 Å². The fourth-order valence-corrected chi connectivity index (χ4v) is 10.0. The van der Waals surface area contributed by atoms with E-state index in [9.17, 15) is 43.0 Å². The van der Waals surface area contributed by atoms with Gasteiger partial charge in [0.2, 0.25) is 17.7 Å². The molecular formula is C51H53F5N8O7S2. The number of carbonyl (C=O) groups is 3. The number of benzene rings is 3. The number of hydrogen-bond acceptors (Lipinski definition) is 12. The molecule has 22 heteroatoms. The Hall–Kier alpha value is -6.64. The number of aliphatic hydroxyl groups is 2. The third kappa shape index (κ3) is 11.9. The summed E-state index contributed by atoms with van der Waals surface area (Å²) in [6.07, 6.45) is -5.41. The van der Waals surface area contributed by atoms with Gasteiger partial charge in [-0.1, -0.05) is 38.1 Å². The lowest BCUT2D eigenvalue weighted by Gasteiger charge is -2.32. The van der Waals surface area contributed by atoms with Gasteiger partial charge in [-0.25, -0.2) is 13.8 Å². The second kappa shape index (κ2) is 22.6. The number of alkyl halides is 3. The van der Waals surface area contributed by atoms with Gasteiger partial charge in [-0.05, 0) is 99.3 Å². The van der Waals surface area contributed by atoms with Crippen LogP contribution in [0.3, 0.4) is 0 Å². The van der Waals surface area contributed by atoms with E-state index in [-0.39, 0.29) is 61.7 Å². The highest BCUT2D eigenvalue weighted by Crippen LogP contribution is 2.44. The summed E-state index contributed by atoms with van der Waals surface area (Å²) in [6, 6.07) is 16.4. The minimum Gasteiger partial charge on any atom is -0.494 e. The van der Waals surface area contributed by atoms with Crippen molar-refractivity contribution >= 4 is 57.8 Å². The minimum atomic E-state index is -5.22. The first-order valence-electron chi connectivity index (χ1n) is 23.2. The fraction of sp³-hybridized carbons (Fsp3) is 0.392. The standard InChI is InChI=1S/C51H53F5N8O7S2/c1-28(2)43(47(68)62-25-35(65)21-39(62)46(67)59-23-30-8-10-32(11-9-30)45-29(3)60-27-73-45)61-40(66)26-70-18-6-7-19-71-36-15-12-31(13-16-36)44-37(52)20-34(24-58-44)64-49(72)63(48(69)50(64,4)5)38-17-14-33(22-57)41(42(38)53)51(54,55)56/h8-17,20,24,27-28,35,39,43,48,65,69H,6-7,18-19,21,23,25-26H2,1-5H3,(H,59,67)(H,61,66)/t35-,39+,43+,48?/m1/s1. The van der Waals surface area contributed by atoms with Crippen LogP contribution in [-0.4, -0.2) is 104 Å². The zero-order valence-corrected chi connectivity index (χ0v) is 42.0. The van der Waals surface area contributed by atoms with Crippen LogP contribution in [-0.2, 0) is 31.8 Å². The van der Waals surface area contributed by atoms with Gasteiger partial charge in [0, 0.05) is 37.7 Å². The Morgan fingerprint density at radius 1 is 1.00 bits per heavy atom. The Balaban J connectivity index is 0.849. The number of anilines is 2.